The summed E-state index contributed by atoms with van der Waals surface area (Å²) in [4.78, 5) is 128. The Bertz CT molecular complexity index is 1830. The zero-order valence-electron chi connectivity index (χ0n) is 26.9. The van der Waals surface area contributed by atoms with Crippen molar-refractivity contribution >= 4 is 6.69 Å². The summed E-state index contributed by atoms with van der Waals surface area (Å²) < 4.78 is 0. The molecule has 4 rings (SSSR count). The summed E-state index contributed by atoms with van der Waals surface area (Å²) in [5.74, 6) is 0. The molecule has 44 nitrogen and oxygen atoms in total. The van der Waals surface area contributed by atoms with Gasteiger partial charge < -0.3 is 19.7 Å². The number of rotatable bonds is 16. The van der Waals surface area contributed by atoms with Crippen LogP contribution in [0.25, 0.3) is 0 Å². The Labute approximate surface area is 329 Å². The van der Waals surface area contributed by atoms with Gasteiger partial charge in [-0.2, -0.15) is 0 Å². The van der Waals surface area contributed by atoms with Crippen molar-refractivity contribution < 1.29 is 89.1 Å². The summed E-state index contributed by atoms with van der Waals surface area (Å²) >= 11 is 0. The maximum atomic E-state index is 12.6. The first-order valence-electron chi connectivity index (χ1n) is 13.3. The van der Waals surface area contributed by atoms with Crippen molar-refractivity contribution in [3.05, 3.63) is 169 Å². The summed E-state index contributed by atoms with van der Waals surface area (Å²) in [6.45, 7) is -6.30. The second kappa shape index (κ2) is 14.8. The number of hydrogen-bond donors (Lipinski definition) is 0. The molecule has 0 N–H and O–H groups in total. The minimum Gasteiger partial charge on any atom is -0.332 e. The second-order valence-electron chi connectivity index (χ2n) is 10.3. The van der Waals surface area contributed by atoms with Crippen molar-refractivity contribution in [2.75, 3.05) is 0 Å². The van der Waals surface area contributed by atoms with Crippen LogP contribution in [0.3, 0.4) is 0 Å². The molecule has 0 saturated heterocycles. The third-order valence-electron chi connectivity index (χ3n) is 7.67. The number of hydrazine groups is 8. The summed E-state index contributed by atoms with van der Waals surface area (Å²) in [5.41, 5.74) is -8.81. The first-order chi connectivity index (χ1) is 26.3. The van der Waals surface area contributed by atoms with Crippen LogP contribution in [0.2, 0.25) is 0 Å². The Hall–Kier alpha value is -8.78. The molecule has 0 aromatic heterocycles. The van der Waals surface area contributed by atoms with Crippen molar-refractivity contribution in [1.82, 2.24) is 40.2 Å². The number of nitrogens with zero attached hydrogens (tertiary/aromatic N) is 20. The van der Waals surface area contributed by atoms with Crippen molar-refractivity contribution in [1.29, 1.82) is 0 Å². The average Bonchev–Trinajstić information content (AvgIpc) is 3.86. The standard InChI is InChI=1S/C12H8BN20O24.Na/c34-22(35)5-1-14(18(30(50)51)9(5)26(42)43)13(15-2-6(23(36)37)10(27(44)45)19(15)31(52)53,16-3-7(24(38)39)11(28(46)47)20(16)32(54)55)17-4-8(25(40)41)12(29(48)49)21(17)33(56)57;/h1-4,9-12H;/q-1;+1. The number of nitro groups is 12. The second-order valence-corrected chi connectivity index (χ2v) is 10.3. The topological polar surface area (TPSA) is 544 Å². The SMILES string of the molecule is O=[N+]([O-])C1=CN([B-](N2C=C([N+](=O)[O-])C([N+](=O)[O-])N2[N+](=O)[O-])(N2C=C([N+](=O)[O-])C([N+](=O)[O-])N2[N+](=O)[O-])N2C=C([N+](=O)[O-])C([N+](=O)[O-])N2[N+](=O)[O-])N([N+](=O)[O-])C1[N+](=O)[O-].[Na+]. The fourth-order valence-corrected chi connectivity index (χ4v) is 5.82. The molecule has 58 heavy (non-hydrogen) atoms. The quantitative estimate of drug-likeness (QED) is 0.0790. The predicted molar refractivity (Wildman–Crippen MR) is 152 cm³/mol. The van der Waals surface area contributed by atoms with E-state index in [2.05, 4.69) is 0 Å². The van der Waals surface area contributed by atoms with E-state index in [0.717, 1.165) is 0 Å². The zero-order valence-corrected chi connectivity index (χ0v) is 28.9. The Morgan fingerprint density at radius 1 is 0.345 bits per heavy atom. The Kier molecular flexibility index (Phi) is 11.1. The summed E-state index contributed by atoms with van der Waals surface area (Å²) in [6, 6.07) is 0. The molecule has 0 aliphatic carbocycles. The van der Waals surface area contributed by atoms with Gasteiger partial charge in [-0.25, -0.2) is 40.5 Å². The molecule has 4 heterocycles. The molecule has 4 aliphatic heterocycles. The van der Waals surface area contributed by atoms with Crippen LogP contribution >= 0.6 is 0 Å². The van der Waals surface area contributed by atoms with E-state index in [1.54, 1.807) is 0 Å². The van der Waals surface area contributed by atoms with Crippen LogP contribution in [0.4, 0.5) is 0 Å². The van der Waals surface area contributed by atoms with Crippen LogP contribution < -0.4 is 29.6 Å². The van der Waals surface area contributed by atoms with Crippen LogP contribution in [0.1, 0.15) is 0 Å². The zero-order chi connectivity index (χ0) is 43.5. The van der Waals surface area contributed by atoms with Gasteiger partial charge in [0.25, 0.3) is 0 Å². The Morgan fingerprint density at radius 3 is 0.603 bits per heavy atom. The predicted octanol–water partition coefficient (Wildman–Crippen LogP) is -7.79. The molecule has 46 heteroatoms. The van der Waals surface area contributed by atoms with Gasteiger partial charge in [-0.1, -0.05) is 0 Å². The molecule has 0 aromatic carbocycles. The molecule has 0 aromatic rings. The van der Waals surface area contributed by atoms with Gasteiger partial charge in [0.05, 0.1) is 64.2 Å². The maximum absolute atomic E-state index is 12.6. The minimum atomic E-state index is -6.30. The van der Waals surface area contributed by atoms with Gasteiger partial charge >= 0.3 is 83.7 Å². The van der Waals surface area contributed by atoms with Gasteiger partial charge in [-0.05, 0) is 0 Å². The van der Waals surface area contributed by atoms with Gasteiger partial charge in [0, 0.05) is 20.5 Å². The summed E-state index contributed by atoms with van der Waals surface area (Å²) in [6.07, 6.45) is -17.4. The van der Waals surface area contributed by atoms with Crippen molar-refractivity contribution in [3.63, 3.8) is 0 Å². The average molecular weight is 850 g/mol. The molecular formula is C12H8BN20NaO24. The third-order valence-corrected chi connectivity index (χ3v) is 7.67. The van der Waals surface area contributed by atoms with Gasteiger partial charge in [0.2, 0.25) is 0 Å². The largest absolute Gasteiger partial charge is 1.00 e. The van der Waals surface area contributed by atoms with Crippen molar-refractivity contribution in [3.8, 4) is 0 Å². The molecule has 304 valence electrons. The molecule has 4 atom stereocenters. The molecule has 0 fully saturated rings. The van der Waals surface area contributed by atoms with Gasteiger partial charge in [0.1, 0.15) is 0 Å². The molecule has 0 bridgehead atoms. The first kappa shape index (κ1) is 43.6. The minimum absolute atomic E-state index is 0. The van der Waals surface area contributed by atoms with Crippen LogP contribution in [-0.4, -0.2) is 131 Å². The van der Waals surface area contributed by atoms with Gasteiger partial charge in [-0.3, -0.25) is 80.9 Å². The van der Waals surface area contributed by atoms with E-state index >= 15 is 0 Å². The smallest absolute Gasteiger partial charge is 0.332 e. The van der Waals surface area contributed by atoms with E-state index in [0.29, 0.717) is 0 Å². The molecule has 0 saturated carbocycles. The van der Waals surface area contributed by atoms with Gasteiger partial charge in [-0.15, -0.1) is 0 Å². The first-order valence-corrected chi connectivity index (χ1v) is 13.3. The molecule has 4 unspecified atom stereocenters. The van der Waals surface area contributed by atoms with Gasteiger partial charge in [0.15, 0.2) is 20.1 Å². The van der Waals surface area contributed by atoms with Crippen LogP contribution in [0, 0.1) is 121 Å². The Morgan fingerprint density at radius 2 is 0.500 bits per heavy atom. The van der Waals surface area contributed by atoms with Crippen LogP contribution in [0.5, 0.6) is 0 Å². The molecule has 0 radical (unpaired) electrons. The summed E-state index contributed by atoms with van der Waals surface area (Å²) in [5, 5.41) is 134. The van der Waals surface area contributed by atoms with E-state index in [1.807, 2.05) is 0 Å². The molecule has 4 aliphatic rings. The van der Waals surface area contributed by atoms with E-state index < -0.39 is 179 Å². The molecular weight excluding hydrogens is 842 g/mol. The van der Waals surface area contributed by atoms with Crippen LogP contribution in [-0.2, 0) is 0 Å². The third kappa shape index (κ3) is 6.23. The van der Waals surface area contributed by atoms with E-state index in [4.69, 9.17) is 0 Å². The van der Waals surface area contributed by atoms with E-state index in [-0.39, 0.29) is 29.6 Å². The van der Waals surface area contributed by atoms with E-state index in [1.165, 1.54) is 0 Å². The number of hydrogen-bond acceptors (Lipinski definition) is 28. The molecule has 0 spiro atoms. The molecule has 0 amide bonds. The maximum Gasteiger partial charge on any atom is 1.00 e. The van der Waals surface area contributed by atoms with Crippen molar-refractivity contribution in [2.24, 2.45) is 0 Å². The monoisotopic (exact) mass is 850 g/mol. The fourth-order valence-electron chi connectivity index (χ4n) is 5.82. The summed E-state index contributed by atoms with van der Waals surface area (Å²) in [7, 11) is 0. The van der Waals surface area contributed by atoms with Crippen LogP contribution in [0.15, 0.2) is 47.6 Å². The van der Waals surface area contributed by atoms with E-state index in [9.17, 15) is 121 Å². The fraction of sp³-hybridized carbons (Fsp3) is 0.333. The Balaban J connectivity index is 0.00000900. The van der Waals surface area contributed by atoms with Crippen molar-refractivity contribution in [2.45, 2.75) is 24.7 Å². The normalized spacial score (nSPS) is 22.2.